The van der Waals surface area contributed by atoms with Crippen molar-refractivity contribution < 1.29 is 14.7 Å². The second-order valence-electron chi connectivity index (χ2n) is 5.00. The van der Waals surface area contributed by atoms with Gasteiger partial charge in [-0.05, 0) is 22.8 Å². The molecule has 4 nitrogen and oxygen atoms in total. The molecular formula is C15H13NO3. The molecule has 96 valence electrons. The number of rotatable bonds is 3. The normalized spacial score (nSPS) is 25.2. The summed E-state index contributed by atoms with van der Waals surface area (Å²) in [5.74, 6) is -2.19. The van der Waals surface area contributed by atoms with E-state index >= 15 is 0 Å². The molecule has 2 aromatic rings. The minimum Gasteiger partial charge on any atom is -0.480 e. The first-order chi connectivity index (χ1) is 9.05. The Morgan fingerprint density at radius 1 is 1.16 bits per heavy atom. The number of benzene rings is 2. The van der Waals surface area contributed by atoms with Gasteiger partial charge in [-0.3, -0.25) is 9.59 Å². The molecule has 0 aromatic heterocycles. The van der Waals surface area contributed by atoms with E-state index in [0.717, 1.165) is 16.3 Å². The van der Waals surface area contributed by atoms with E-state index in [9.17, 15) is 14.7 Å². The third-order valence-electron chi connectivity index (χ3n) is 3.96. The Labute approximate surface area is 109 Å². The zero-order valence-electron chi connectivity index (χ0n) is 10.2. The Balaban J connectivity index is 2.03. The summed E-state index contributed by atoms with van der Waals surface area (Å²) in [6.07, 6.45) is 0.288. The Morgan fingerprint density at radius 2 is 1.84 bits per heavy atom. The van der Waals surface area contributed by atoms with Crippen molar-refractivity contribution in [1.82, 2.24) is 0 Å². The highest BCUT2D eigenvalue weighted by atomic mass is 16.4. The molecule has 4 heteroatoms. The van der Waals surface area contributed by atoms with Crippen molar-refractivity contribution in [2.24, 2.45) is 11.1 Å². The maximum Gasteiger partial charge on any atom is 0.319 e. The van der Waals surface area contributed by atoms with Gasteiger partial charge >= 0.3 is 5.97 Å². The van der Waals surface area contributed by atoms with Crippen LogP contribution in [0.5, 0.6) is 0 Å². The molecule has 1 aliphatic carbocycles. The average Bonchev–Trinajstić information content (AvgIpc) is 3.15. The van der Waals surface area contributed by atoms with Crippen molar-refractivity contribution >= 4 is 22.6 Å². The summed E-state index contributed by atoms with van der Waals surface area (Å²) in [6, 6.07) is 13.6. The molecule has 3 rings (SSSR count). The Morgan fingerprint density at radius 3 is 2.42 bits per heavy atom. The lowest BCUT2D eigenvalue weighted by molar-refractivity contribution is -0.148. The number of nitrogens with two attached hydrogens (primary N) is 1. The number of hydrogen-bond acceptors (Lipinski definition) is 2. The second kappa shape index (κ2) is 3.82. The third-order valence-corrected chi connectivity index (χ3v) is 3.96. The number of aliphatic carboxylic acids is 1. The smallest absolute Gasteiger partial charge is 0.319 e. The van der Waals surface area contributed by atoms with Crippen LogP contribution in [-0.4, -0.2) is 17.0 Å². The van der Waals surface area contributed by atoms with Gasteiger partial charge < -0.3 is 10.8 Å². The maximum atomic E-state index is 11.4. The van der Waals surface area contributed by atoms with Gasteiger partial charge in [0.15, 0.2) is 5.41 Å². The second-order valence-corrected chi connectivity index (χ2v) is 5.00. The number of carbonyl (C=O) groups excluding carboxylic acids is 1. The molecule has 3 N–H and O–H groups in total. The molecule has 0 heterocycles. The SMILES string of the molecule is NC(=O)C1(C(=O)O)CC1c1ccc2ccccc2c1. The lowest BCUT2D eigenvalue weighted by atomic mass is 9.96. The zero-order valence-corrected chi connectivity index (χ0v) is 10.2. The number of carbonyl (C=O) groups is 2. The number of amides is 1. The van der Waals surface area contributed by atoms with Crippen LogP contribution in [0.3, 0.4) is 0 Å². The van der Waals surface area contributed by atoms with Crippen molar-refractivity contribution in [3.05, 3.63) is 48.0 Å². The highest BCUT2D eigenvalue weighted by Gasteiger charge is 2.65. The predicted molar refractivity (Wildman–Crippen MR) is 70.6 cm³/mol. The maximum absolute atomic E-state index is 11.4. The van der Waals surface area contributed by atoms with Crippen molar-refractivity contribution in [3.63, 3.8) is 0 Å². The zero-order chi connectivity index (χ0) is 13.6. The van der Waals surface area contributed by atoms with Crippen molar-refractivity contribution in [2.75, 3.05) is 0 Å². The molecule has 2 atom stereocenters. The number of primary amides is 1. The first kappa shape index (κ1) is 11.7. The van der Waals surface area contributed by atoms with Crippen LogP contribution in [0, 0.1) is 5.41 Å². The molecule has 1 aliphatic rings. The summed E-state index contributed by atoms with van der Waals surface area (Å²) in [5, 5.41) is 11.3. The van der Waals surface area contributed by atoms with Gasteiger partial charge in [0.05, 0.1) is 0 Å². The van der Waals surface area contributed by atoms with E-state index in [1.165, 1.54) is 0 Å². The fourth-order valence-electron chi connectivity index (χ4n) is 2.70. The van der Waals surface area contributed by atoms with Crippen LogP contribution in [0.1, 0.15) is 17.9 Å². The number of hydrogen-bond donors (Lipinski definition) is 2. The van der Waals surface area contributed by atoms with Crippen LogP contribution in [-0.2, 0) is 9.59 Å². The Bertz CT molecular complexity index is 679. The number of carboxylic acids is 1. The average molecular weight is 255 g/mol. The number of carboxylic acid groups (broad SMARTS) is 1. The van der Waals surface area contributed by atoms with Crippen LogP contribution in [0.15, 0.2) is 42.5 Å². The largest absolute Gasteiger partial charge is 0.480 e. The summed E-state index contributed by atoms with van der Waals surface area (Å²) in [7, 11) is 0. The lowest BCUT2D eigenvalue weighted by Gasteiger charge is -2.08. The van der Waals surface area contributed by atoms with E-state index < -0.39 is 17.3 Å². The molecule has 1 saturated carbocycles. The highest BCUT2D eigenvalue weighted by molar-refractivity contribution is 6.06. The fraction of sp³-hybridized carbons (Fsp3) is 0.200. The summed E-state index contributed by atoms with van der Waals surface area (Å²) >= 11 is 0. The minimum absolute atomic E-state index is 0.288. The molecule has 0 bridgehead atoms. The molecular weight excluding hydrogens is 242 g/mol. The third kappa shape index (κ3) is 1.60. The number of fused-ring (bicyclic) bond motifs is 1. The molecule has 0 saturated heterocycles. The fourth-order valence-corrected chi connectivity index (χ4v) is 2.70. The van der Waals surface area contributed by atoms with Gasteiger partial charge in [-0.2, -0.15) is 0 Å². The first-order valence-electron chi connectivity index (χ1n) is 6.08. The van der Waals surface area contributed by atoms with Gasteiger partial charge in [-0.15, -0.1) is 0 Å². The van der Waals surface area contributed by atoms with Crippen LogP contribution >= 0.6 is 0 Å². The van der Waals surface area contributed by atoms with Crippen LogP contribution in [0.25, 0.3) is 10.8 Å². The monoisotopic (exact) mass is 255 g/mol. The quantitative estimate of drug-likeness (QED) is 0.822. The van der Waals surface area contributed by atoms with E-state index in [4.69, 9.17) is 5.73 Å². The first-order valence-corrected chi connectivity index (χ1v) is 6.08. The van der Waals surface area contributed by atoms with E-state index in [0.29, 0.717) is 0 Å². The molecule has 0 aliphatic heterocycles. The molecule has 0 radical (unpaired) electrons. The van der Waals surface area contributed by atoms with Gasteiger partial charge in [-0.25, -0.2) is 0 Å². The van der Waals surface area contributed by atoms with Gasteiger partial charge in [0.1, 0.15) is 0 Å². The van der Waals surface area contributed by atoms with E-state index in [1.807, 2.05) is 42.5 Å². The van der Waals surface area contributed by atoms with Gasteiger partial charge in [0.2, 0.25) is 5.91 Å². The van der Waals surface area contributed by atoms with Crippen LogP contribution in [0.4, 0.5) is 0 Å². The van der Waals surface area contributed by atoms with Gasteiger partial charge in [0, 0.05) is 5.92 Å². The van der Waals surface area contributed by atoms with E-state index in [2.05, 4.69) is 0 Å². The molecule has 0 spiro atoms. The van der Waals surface area contributed by atoms with Gasteiger partial charge in [-0.1, -0.05) is 42.5 Å². The minimum atomic E-state index is -1.41. The van der Waals surface area contributed by atoms with Crippen molar-refractivity contribution in [1.29, 1.82) is 0 Å². The molecule has 19 heavy (non-hydrogen) atoms. The van der Waals surface area contributed by atoms with Crippen molar-refractivity contribution in [2.45, 2.75) is 12.3 Å². The molecule has 1 amide bonds. The summed E-state index contributed by atoms with van der Waals surface area (Å²) in [5.41, 5.74) is 4.70. The predicted octanol–water partition coefficient (Wildman–Crippen LogP) is 1.88. The highest BCUT2D eigenvalue weighted by Crippen LogP contribution is 2.59. The van der Waals surface area contributed by atoms with Crippen LogP contribution < -0.4 is 5.73 Å². The standard InChI is InChI=1S/C15H13NO3/c16-13(17)15(14(18)19)8-12(15)11-6-5-9-3-1-2-4-10(9)7-11/h1-7,12H,8H2,(H2,16,17)(H,18,19). The lowest BCUT2D eigenvalue weighted by Crippen LogP contribution is -2.33. The Hall–Kier alpha value is -2.36. The Kier molecular flexibility index (Phi) is 2.35. The summed E-state index contributed by atoms with van der Waals surface area (Å²) < 4.78 is 0. The van der Waals surface area contributed by atoms with E-state index in [-0.39, 0.29) is 12.3 Å². The molecule has 2 aromatic carbocycles. The van der Waals surface area contributed by atoms with Gasteiger partial charge in [0.25, 0.3) is 0 Å². The summed E-state index contributed by atoms with van der Waals surface area (Å²) in [6.45, 7) is 0. The van der Waals surface area contributed by atoms with E-state index in [1.54, 1.807) is 0 Å². The van der Waals surface area contributed by atoms with Crippen molar-refractivity contribution in [3.8, 4) is 0 Å². The topological polar surface area (TPSA) is 80.4 Å². The van der Waals surface area contributed by atoms with Crippen LogP contribution in [0.2, 0.25) is 0 Å². The summed E-state index contributed by atoms with van der Waals surface area (Å²) in [4.78, 5) is 22.7. The molecule has 2 unspecified atom stereocenters. The molecule has 1 fully saturated rings.